The average molecular weight is 337 g/mol. The monoisotopic (exact) mass is 335 g/mol. The molecule has 0 bridgehead atoms. The van der Waals surface area contributed by atoms with E-state index in [1.165, 1.54) is 0 Å². The number of Topliss-reactive ketones (excluding diaryl/α,β-unsaturated/α-hetero) is 1. The Morgan fingerprint density at radius 1 is 1.30 bits per heavy atom. The highest BCUT2D eigenvalue weighted by Gasteiger charge is 2.46. The van der Waals surface area contributed by atoms with Crippen molar-refractivity contribution in [2.75, 3.05) is 6.54 Å². The van der Waals surface area contributed by atoms with Crippen LogP contribution in [0.3, 0.4) is 0 Å². The lowest BCUT2D eigenvalue weighted by atomic mass is 9.62. The maximum Gasteiger partial charge on any atom is 0.197 e. The van der Waals surface area contributed by atoms with Crippen LogP contribution in [0.2, 0.25) is 10.0 Å². The second-order valence-electron chi connectivity index (χ2n) is 5.67. The maximum absolute atomic E-state index is 12.5. The van der Waals surface area contributed by atoms with Crippen LogP contribution < -0.4 is 17.7 Å². The molecule has 0 radical (unpaired) electrons. The van der Waals surface area contributed by atoms with Crippen LogP contribution in [0.15, 0.2) is 18.2 Å². The van der Waals surface area contributed by atoms with Gasteiger partial charge in [0.1, 0.15) is 6.54 Å². The largest absolute Gasteiger partial charge is 1.00 e. The van der Waals surface area contributed by atoms with E-state index in [-0.39, 0.29) is 17.8 Å². The van der Waals surface area contributed by atoms with E-state index in [0.717, 1.165) is 24.8 Å². The van der Waals surface area contributed by atoms with Crippen LogP contribution >= 0.6 is 23.2 Å². The van der Waals surface area contributed by atoms with Crippen molar-refractivity contribution in [3.8, 4) is 0 Å². The number of hydrogen-bond donors (Lipinski definition) is 1. The second-order valence-corrected chi connectivity index (χ2v) is 6.49. The highest BCUT2D eigenvalue weighted by atomic mass is 35.5. The number of carbonyl (C=O) groups is 1. The Kier molecular flexibility index (Phi) is 6.33. The zero-order valence-electron chi connectivity index (χ0n) is 11.8. The van der Waals surface area contributed by atoms with Crippen molar-refractivity contribution < 1.29 is 22.5 Å². The molecule has 0 spiro atoms. The first-order chi connectivity index (χ1) is 8.95. The summed E-state index contributed by atoms with van der Waals surface area (Å²) in [5.41, 5.74) is 0.704. The minimum Gasteiger partial charge on any atom is -1.00 e. The van der Waals surface area contributed by atoms with E-state index in [1.807, 2.05) is 12.1 Å². The molecule has 20 heavy (non-hydrogen) atoms. The quantitative estimate of drug-likeness (QED) is 0.804. The first kappa shape index (κ1) is 17.8. The van der Waals surface area contributed by atoms with Gasteiger partial charge in [-0.25, -0.2) is 0 Å². The molecule has 0 aliphatic heterocycles. The van der Waals surface area contributed by atoms with E-state index >= 15 is 0 Å². The fourth-order valence-electron chi connectivity index (χ4n) is 2.59. The Hall–Kier alpha value is -0.280. The van der Waals surface area contributed by atoms with Crippen LogP contribution in [-0.4, -0.2) is 18.4 Å². The summed E-state index contributed by atoms with van der Waals surface area (Å²) >= 11 is 12.0. The van der Waals surface area contributed by atoms with Gasteiger partial charge < -0.3 is 17.7 Å². The Morgan fingerprint density at radius 3 is 2.40 bits per heavy atom. The second kappa shape index (κ2) is 7.13. The van der Waals surface area contributed by atoms with Crippen molar-refractivity contribution >= 4 is 29.0 Å². The van der Waals surface area contributed by atoms with Crippen molar-refractivity contribution in [3.63, 3.8) is 0 Å². The summed E-state index contributed by atoms with van der Waals surface area (Å²) in [4.78, 5) is 12.5. The lowest BCUT2D eigenvalue weighted by Gasteiger charge is -2.40. The normalized spacial score (nSPS) is 16.4. The van der Waals surface area contributed by atoms with Crippen molar-refractivity contribution in [2.24, 2.45) is 0 Å². The molecule has 0 amide bonds. The maximum atomic E-state index is 12.5. The summed E-state index contributed by atoms with van der Waals surface area (Å²) in [7, 11) is 0. The molecule has 112 valence electrons. The van der Waals surface area contributed by atoms with E-state index < -0.39 is 0 Å². The third-order valence-corrected chi connectivity index (χ3v) is 4.73. The number of benzene rings is 1. The first-order valence-electron chi connectivity index (χ1n) is 6.78. The van der Waals surface area contributed by atoms with Gasteiger partial charge in [0, 0.05) is 0 Å². The fourth-order valence-corrected chi connectivity index (χ4v) is 2.89. The summed E-state index contributed by atoms with van der Waals surface area (Å²) < 4.78 is 0. The fraction of sp³-hybridized carbons (Fsp3) is 0.533. The molecule has 1 aromatic carbocycles. The molecule has 1 saturated carbocycles. The van der Waals surface area contributed by atoms with Crippen molar-refractivity contribution in [3.05, 3.63) is 33.8 Å². The Balaban J connectivity index is 0.00000200. The van der Waals surface area contributed by atoms with Crippen LogP contribution in [0.5, 0.6) is 0 Å². The van der Waals surface area contributed by atoms with E-state index in [2.05, 4.69) is 19.2 Å². The topological polar surface area (TPSA) is 33.7 Å². The first-order valence-corrected chi connectivity index (χ1v) is 7.53. The zero-order valence-corrected chi connectivity index (χ0v) is 14.0. The number of nitrogens with two attached hydrogens (primary N) is 1. The minimum atomic E-state index is -0.320. The predicted octanol–water partition coefficient (Wildman–Crippen LogP) is -0.0400. The molecule has 5 heteroatoms. The SMILES string of the molecule is CC(C)[NH2+]CC(=O)C1(c2ccc(Cl)c(Cl)c2)CCC1.[Cl-]. The average Bonchev–Trinajstić information content (AvgIpc) is 2.29. The standard InChI is InChI=1S/C15H19Cl2NO.ClH/c1-10(2)18-9-14(19)15(6-3-7-15)11-4-5-12(16)13(17)8-11;/h4-5,8,10,18H,3,6-7,9H2,1-2H3;1H. The van der Waals surface area contributed by atoms with Crippen LogP contribution in [0.25, 0.3) is 0 Å². The third kappa shape index (κ3) is 3.48. The molecule has 0 atom stereocenters. The van der Waals surface area contributed by atoms with Crippen LogP contribution in [0.4, 0.5) is 0 Å². The highest BCUT2D eigenvalue weighted by Crippen LogP contribution is 2.45. The predicted molar refractivity (Wildman–Crippen MR) is 78.9 cm³/mol. The summed E-state index contributed by atoms with van der Waals surface area (Å²) in [6.45, 7) is 4.73. The number of quaternary nitrogens is 1. The van der Waals surface area contributed by atoms with Gasteiger partial charge in [-0.1, -0.05) is 35.7 Å². The number of hydrogen-bond acceptors (Lipinski definition) is 1. The number of rotatable bonds is 5. The van der Waals surface area contributed by atoms with Crippen LogP contribution in [-0.2, 0) is 10.2 Å². The Morgan fingerprint density at radius 2 is 1.95 bits per heavy atom. The molecule has 1 aliphatic rings. The lowest BCUT2D eigenvalue weighted by molar-refractivity contribution is -0.672. The minimum absolute atomic E-state index is 0. The van der Waals surface area contributed by atoms with Crippen molar-refractivity contribution in [1.29, 1.82) is 0 Å². The number of ketones is 1. The lowest BCUT2D eigenvalue weighted by Crippen LogP contribution is -3.00. The van der Waals surface area contributed by atoms with E-state index in [9.17, 15) is 4.79 Å². The molecule has 0 aromatic heterocycles. The molecular formula is C15H20Cl3NO. The molecule has 0 unspecified atom stereocenters. The van der Waals surface area contributed by atoms with Crippen molar-refractivity contribution in [1.82, 2.24) is 0 Å². The van der Waals surface area contributed by atoms with Gasteiger partial charge in [-0.2, -0.15) is 0 Å². The molecule has 2 N–H and O–H groups in total. The van der Waals surface area contributed by atoms with Gasteiger partial charge in [0.15, 0.2) is 5.78 Å². The Labute approximate surface area is 136 Å². The van der Waals surface area contributed by atoms with E-state index in [0.29, 0.717) is 28.4 Å². The zero-order chi connectivity index (χ0) is 14.0. The molecule has 0 heterocycles. The van der Waals surface area contributed by atoms with Gasteiger partial charge in [-0.15, -0.1) is 0 Å². The number of halogens is 3. The number of carbonyl (C=O) groups excluding carboxylic acids is 1. The van der Waals surface area contributed by atoms with Gasteiger partial charge in [0.2, 0.25) is 0 Å². The summed E-state index contributed by atoms with van der Waals surface area (Å²) in [6.07, 6.45) is 2.96. The molecular weight excluding hydrogens is 317 g/mol. The van der Waals surface area contributed by atoms with Gasteiger partial charge in [-0.05, 0) is 44.4 Å². The van der Waals surface area contributed by atoms with Gasteiger partial charge in [0.25, 0.3) is 0 Å². The summed E-state index contributed by atoms with van der Waals surface area (Å²) in [5, 5.41) is 3.16. The third-order valence-electron chi connectivity index (χ3n) is 3.99. The Bertz CT molecular complexity index is 484. The van der Waals surface area contributed by atoms with Crippen molar-refractivity contribution in [2.45, 2.75) is 44.6 Å². The van der Waals surface area contributed by atoms with Crippen LogP contribution in [0.1, 0.15) is 38.7 Å². The van der Waals surface area contributed by atoms with Gasteiger partial charge in [0.05, 0.1) is 21.5 Å². The summed E-state index contributed by atoms with van der Waals surface area (Å²) in [6, 6.07) is 6.03. The molecule has 1 aliphatic carbocycles. The molecule has 2 nitrogen and oxygen atoms in total. The van der Waals surface area contributed by atoms with Gasteiger partial charge >= 0.3 is 0 Å². The van der Waals surface area contributed by atoms with Crippen LogP contribution in [0, 0.1) is 0 Å². The smallest absolute Gasteiger partial charge is 0.197 e. The highest BCUT2D eigenvalue weighted by molar-refractivity contribution is 6.42. The molecule has 1 fully saturated rings. The van der Waals surface area contributed by atoms with E-state index in [4.69, 9.17) is 23.2 Å². The van der Waals surface area contributed by atoms with Gasteiger partial charge in [-0.3, -0.25) is 4.79 Å². The molecule has 1 aromatic rings. The molecule has 0 saturated heterocycles. The van der Waals surface area contributed by atoms with E-state index in [1.54, 1.807) is 6.07 Å². The molecule has 2 rings (SSSR count). The summed E-state index contributed by atoms with van der Waals surface area (Å²) in [5.74, 6) is 0.311.